The molecule has 1 aromatic rings. The second-order valence-electron chi connectivity index (χ2n) is 5.88. The Morgan fingerprint density at radius 3 is 2.60 bits per heavy atom. The highest BCUT2D eigenvalue weighted by atomic mass is 32.2. The molecule has 1 aliphatic rings. The summed E-state index contributed by atoms with van der Waals surface area (Å²) < 4.78 is 27.7. The van der Waals surface area contributed by atoms with Gasteiger partial charge in [0, 0.05) is 15.8 Å². The molecule has 2 N–H and O–H groups in total. The fourth-order valence-corrected chi connectivity index (χ4v) is 5.59. The summed E-state index contributed by atoms with van der Waals surface area (Å²) in [6, 6.07) is 1.61. The molecular formula is C14H23NO3S2. The molecule has 3 atom stereocenters. The van der Waals surface area contributed by atoms with Crippen molar-refractivity contribution in [1.29, 1.82) is 0 Å². The van der Waals surface area contributed by atoms with Crippen LogP contribution in [0, 0.1) is 18.8 Å². The van der Waals surface area contributed by atoms with E-state index in [0.717, 1.165) is 24.1 Å². The number of aliphatic hydroxyl groups excluding tert-OH is 1. The average Bonchev–Trinajstić information content (AvgIpc) is 2.76. The Morgan fingerprint density at radius 1 is 1.35 bits per heavy atom. The van der Waals surface area contributed by atoms with Crippen LogP contribution in [0.1, 0.15) is 42.9 Å². The number of hydrogen-bond donors (Lipinski definition) is 2. The first-order valence-corrected chi connectivity index (χ1v) is 9.36. The first kappa shape index (κ1) is 15.9. The molecule has 1 aromatic heterocycles. The van der Waals surface area contributed by atoms with Crippen LogP contribution in [-0.4, -0.2) is 19.6 Å². The fourth-order valence-electron chi connectivity index (χ4n) is 2.81. The Kier molecular flexibility index (Phi) is 4.89. The maximum Gasteiger partial charge on any atom is 0.241 e. The maximum atomic E-state index is 12.5. The summed E-state index contributed by atoms with van der Waals surface area (Å²) in [7, 11) is -3.47. The Morgan fingerprint density at radius 2 is 2.05 bits per heavy atom. The minimum atomic E-state index is -3.47. The van der Waals surface area contributed by atoms with Crippen LogP contribution in [0.5, 0.6) is 0 Å². The van der Waals surface area contributed by atoms with Crippen LogP contribution < -0.4 is 4.72 Å². The molecule has 3 unspecified atom stereocenters. The van der Waals surface area contributed by atoms with Gasteiger partial charge in [0.25, 0.3) is 0 Å². The van der Waals surface area contributed by atoms with Crippen molar-refractivity contribution < 1.29 is 13.5 Å². The summed E-state index contributed by atoms with van der Waals surface area (Å²) in [4.78, 5) is 1.74. The van der Waals surface area contributed by atoms with Gasteiger partial charge in [0.1, 0.15) is 0 Å². The number of aryl methyl sites for hydroxylation is 1. The van der Waals surface area contributed by atoms with Gasteiger partial charge in [-0.15, -0.1) is 11.3 Å². The van der Waals surface area contributed by atoms with Gasteiger partial charge in [0.15, 0.2) is 0 Å². The molecule has 1 fully saturated rings. The third kappa shape index (κ3) is 3.42. The molecule has 20 heavy (non-hydrogen) atoms. The maximum absolute atomic E-state index is 12.5. The summed E-state index contributed by atoms with van der Waals surface area (Å²) in [6.45, 7) is 6.08. The Bertz CT molecular complexity index is 565. The molecule has 0 aliphatic heterocycles. The zero-order valence-corrected chi connectivity index (χ0v) is 13.9. The highest BCUT2D eigenvalue weighted by Gasteiger charge is 2.29. The Labute approximate surface area is 125 Å². The van der Waals surface area contributed by atoms with Crippen LogP contribution in [0.2, 0.25) is 0 Å². The monoisotopic (exact) mass is 317 g/mol. The molecule has 0 aromatic carbocycles. The van der Waals surface area contributed by atoms with Crippen LogP contribution in [-0.2, 0) is 16.6 Å². The van der Waals surface area contributed by atoms with Gasteiger partial charge in [-0.05, 0) is 44.1 Å². The number of rotatable bonds is 4. The molecule has 0 amide bonds. The van der Waals surface area contributed by atoms with E-state index in [-0.39, 0.29) is 12.6 Å². The molecule has 0 saturated heterocycles. The molecular weight excluding hydrogens is 294 g/mol. The lowest BCUT2D eigenvalue weighted by Crippen LogP contribution is -2.39. The van der Waals surface area contributed by atoms with Crippen LogP contribution in [0.4, 0.5) is 0 Å². The number of sulfonamides is 1. The topological polar surface area (TPSA) is 66.4 Å². The predicted octanol–water partition coefficient (Wildman–Crippen LogP) is 2.65. The van der Waals surface area contributed by atoms with E-state index in [1.807, 2.05) is 0 Å². The lowest BCUT2D eigenvalue weighted by molar-refractivity contribution is 0.242. The molecule has 1 heterocycles. The summed E-state index contributed by atoms with van der Waals surface area (Å²) in [5.41, 5.74) is 0. The molecule has 0 spiro atoms. The Hall–Kier alpha value is -0.430. The van der Waals surface area contributed by atoms with Crippen molar-refractivity contribution in [3.63, 3.8) is 0 Å². The largest absolute Gasteiger partial charge is 0.391 e. The van der Waals surface area contributed by atoms with Crippen molar-refractivity contribution in [2.45, 2.75) is 57.6 Å². The first-order valence-electron chi connectivity index (χ1n) is 7.06. The van der Waals surface area contributed by atoms with Crippen LogP contribution in [0.25, 0.3) is 0 Å². The minimum Gasteiger partial charge on any atom is -0.391 e. The van der Waals surface area contributed by atoms with Gasteiger partial charge in [0.2, 0.25) is 10.0 Å². The number of nitrogens with one attached hydrogen (secondary N) is 1. The molecule has 0 radical (unpaired) electrons. The summed E-state index contributed by atoms with van der Waals surface area (Å²) >= 11 is 1.34. The van der Waals surface area contributed by atoms with Crippen LogP contribution >= 0.6 is 11.3 Å². The zero-order chi connectivity index (χ0) is 14.9. The average molecular weight is 317 g/mol. The first-order chi connectivity index (χ1) is 9.33. The molecule has 4 nitrogen and oxygen atoms in total. The minimum absolute atomic E-state index is 0.0306. The molecule has 114 valence electrons. The quantitative estimate of drug-likeness (QED) is 0.897. The lowest BCUT2D eigenvalue weighted by Gasteiger charge is -2.32. The Balaban J connectivity index is 2.13. The third-order valence-electron chi connectivity index (χ3n) is 4.29. The van der Waals surface area contributed by atoms with Gasteiger partial charge >= 0.3 is 0 Å². The van der Waals surface area contributed by atoms with Crippen LogP contribution in [0.3, 0.4) is 0 Å². The SMILES string of the molecule is Cc1sc(CO)cc1S(=O)(=O)NC1CCC(C)C(C)C1. The summed E-state index contributed by atoms with van der Waals surface area (Å²) in [5, 5.41) is 9.12. The van der Waals surface area contributed by atoms with Gasteiger partial charge in [0.05, 0.1) is 11.5 Å². The van der Waals surface area contributed by atoms with Crippen molar-refractivity contribution in [3.05, 3.63) is 15.8 Å². The van der Waals surface area contributed by atoms with Crippen molar-refractivity contribution in [3.8, 4) is 0 Å². The van der Waals surface area contributed by atoms with Crippen molar-refractivity contribution in [2.75, 3.05) is 0 Å². The normalized spacial score (nSPS) is 27.7. The molecule has 1 saturated carbocycles. The smallest absolute Gasteiger partial charge is 0.241 e. The zero-order valence-electron chi connectivity index (χ0n) is 12.2. The van der Waals surface area contributed by atoms with Crippen molar-refractivity contribution in [2.24, 2.45) is 11.8 Å². The third-order valence-corrected chi connectivity index (χ3v) is 7.10. The van der Waals surface area contributed by atoms with E-state index in [2.05, 4.69) is 18.6 Å². The molecule has 2 rings (SSSR count). The number of aliphatic hydroxyl groups is 1. The van der Waals surface area contributed by atoms with Gasteiger partial charge in [-0.1, -0.05) is 13.8 Å². The number of thiophene rings is 1. The standard InChI is InChI=1S/C14H23NO3S2/c1-9-4-5-12(6-10(9)2)15-20(17,18)14-7-13(8-16)19-11(14)3/h7,9-10,12,15-16H,4-6,8H2,1-3H3. The summed E-state index contributed by atoms with van der Waals surface area (Å²) in [6.07, 6.45) is 2.87. The van der Waals surface area contributed by atoms with Crippen LogP contribution in [0.15, 0.2) is 11.0 Å². The molecule has 6 heteroatoms. The van der Waals surface area contributed by atoms with E-state index in [9.17, 15) is 8.42 Å². The van der Waals surface area contributed by atoms with Crippen molar-refractivity contribution in [1.82, 2.24) is 4.72 Å². The fraction of sp³-hybridized carbons (Fsp3) is 0.714. The van der Waals surface area contributed by atoms with Gasteiger partial charge < -0.3 is 5.11 Å². The van der Waals surface area contributed by atoms with Gasteiger partial charge in [-0.2, -0.15) is 0 Å². The number of hydrogen-bond acceptors (Lipinski definition) is 4. The van der Waals surface area contributed by atoms with Gasteiger partial charge in [-0.3, -0.25) is 0 Å². The van der Waals surface area contributed by atoms with E-state index in [1.165, 1.54) is 11.3 Å². The molecule has 1 aliphatic carbocycles. The predicted molar refractivity (Wildman–Crippen MR) is 81.3 cm³/mol. The summed E-state index contributed by atoms with van der Waals surface area (Å²) in [5.74, 6) is 1.22. The van der Waals surface area contributed by atoms with Crippen molar-refractivity contribution >= 4 is 21.4 Å². The second-order valence-corrected chi connectivity index (χ2v) is 8.90. The second kappa shape index (κ2) is 6.13. The van der Waals surface area contributed by atoms with E-state index in [4.69, 9.17) is 5.11 Å². The highest BCUT2D eigenvalue weighted by molar-refractivity contribution is 7.89. The van der Waals surface area contributed by atoms with Gasteiger partial charge in [-0.25, -0.2) is 13.1 Å². The van der Waals surface area contributed by atoms with E-state index >= 15 is 0 Å². The lowest BCUT2D eigenvalue weighted by atomic mass is 9.79. The van der Waals surface area contributed by atoms with E-state index in [0.29, 0.717) is 21.6 Å². The highest BCUT2D eigenvalue weighted by Crippen LogP contribution is 2.31. The van der Waals surface area contributed by atoms with E-state index in [1.54, 1.807) is 13.0 Å². The molecule has 0 bridgehead atoms. The van der Waals surface area contributed by atoms with E-state index < -0.39 is 10.0 Å².